The maximum atomic E-state index is 10.9. The van der Waals surface area contributed by atoms with Gasteiger partial charge in [0.25, 0.3) is 0 Å². The largest absolute Gasteiger partial charge is 0.390 e. The molecule has 3 nitrogen and oxygen atoms in total. The van der Waals surface area contributed by atoms with Gasteiger partial charge in [-0.2, -0.15) is 0 Å². The second-order valence-corrected chi connectivity index (χ2v) is 10.1. The Hall–Kier alpha value is -0.880. The van der Waals surface area contributed by atoms with E-state index in [1.54, 1.807) is 0 Å². The Morgan fingerprint density at radius 3 is 1.96 bits per heavy atom. The number of β-amino-alcohol motifs (C(OH)–C–C–N with tert-alkyl or cyclic N) is 1. The predicted molar refractivity (Wildman–Crippen MR) is 120 cm³/mol. The fraction of sp³-hybridized carbons (Fsp3) is 0.455. The van der Waals surface area contributed by atoms with Gasteiger partial charge in [-0.15, -0.1) is 0 Å². The molecule has 0 saturated carbocycles. The van der Waals surface area contributed by atoms with E-state index in [0.717, 1.165) is 28.6 Å². The van der Waals surface area contributed by atoms with E-state index in [9.17, 15) is 5.11 Å². The van der Waals surface area contributed by atoms with E-state index in [0.29, 0.717) is 18.4 Å². The first-order valence-corrected chi connectivity index (χ1v) is 11.3. The van der Waals surface area contributed by atoms with E-state index in [1.165, 1.54) is 28.2 Å². The van der Waals surface area contributed by atoms with E-state index >= 15 is 0 Å². The third-order valence-corrected chi connectivity index (χ3v) is 6.58. The van der Waals surface area contributed by atoms with Gasteiger partial charge in [0.2, 0.25) is 0 Å². The first-order valence-electron chi connectivity index (χ1n) is 9.68. The molecule has 3 atom stereocenters. The van der Waals surface area contributed by atoms with Crippen LogP contribution in [0.15, 0.2) is 45.3 Å². The molecule has 0 spiro atoms. The van der Waals surface area contributed by atoms with Crippen molar-refractivity contribution < 1.29 is 5.11 Å². The highest BCUT2D eigenvalue weighted by Gasteiger charge is 2.24. The number of fused-ring (bicyclic) bond motifs is 3. The van der Waals surface area contributed by atoms with Gasteiger partial charge in [0.05, 0.1) is 12.6 Å². The van der Waals surface area contributed by atoms with Crippen LogP contribution in [0.5, 0.6) is 0 Å². The second kappa shape index (κ2) is 7.86. The highest BCUT2D eigenvalue weighted by molar-refractivity contribution is 9.10. The summed E-state index contributed by atoms with van der Waals surface area (Å²) < 4.78 is 4.42. The van der Waals surface area contributed by atoms with Crippen molar-refractivity contribution in [2.75, 3.05) is 19.6 Å². The van der Waals surface area contributed by atoms with E-state index in [2.05, 4.69) is 91.6 Å². The van der Waals surface area contributed by atoms with Gasteiger partial charge in [-0.25, -0.2) is 0 Å². The van der Waals surface area contributed by atoms with Crippen LogP contribution >= 0.6 is 31.9 Å². The summed E-state index contributed by atoms with van der Waals surface area (Å²) in [6.45, 7) is 8.17. The summed E-state index contributed by atoms with van der Waals surface area (Å²) in [4.78, 5) is 2.44. The zero-order chi connectivity index (χ0) is 19.1. The maximum absolute atomic E-state index is 10.9. The summed E-state index contributed by atoms with van der Waals surface area (Å²) in [5, 5.41) is 13.3. The number of halogens is 2. The van der Waals surface area contributed by atoms with Crippen LogP contribution in [0.3, 0.4) is 0 Å². The van der Waals surface area contributed by atoms with Crippen molar-refractivity contribution in [1.82, 2.24) is 9.47 Å². The van der Waals surface area contributed by atoms with Gasteiger partial charge >= 0.3 is 0 Å². The van der Waals surface area contributed by atoms with Crippen molar-refractivity contribution in [3.8, 4) is 0 Å². The molecule has 0 amide bonds. The molecule has 0 radical (unpaired) electrons. The molecule has 0 bridgehead atoms. The first kappa shape index (κ1) is 19.4. The van der Waals surface area contributed by atoms with Crippen LogP contribution in [0.4, 0.5) is 0 Å². The van der Waals surface area contributed by atoms with Gasteiger partial charge in [0, 0.05) is 50.4 Å². The Bertz CT molecular complexity index is 899. The molecule has 5 heteroatoms. The molecule has 4 rings (SSSR count). The van der Waals surface area contributed by atoms with Crippen molar-refractivity contribution in [3.63, 3.8) is 0 Å². The minimum absolute atomic E-state index is 0.381. The highest BCUT2D eigenvalue weighted by atomic mass is 79.9. The normalized spacial score (nSPS) is 22.6. The summed E-state index contributed by atoms with van der Waals surface area (Å²) in [6.07, 6.45) is 0.914. The monoisotopic (exact) mass is 492 g/mol. The number of aliphatic hydroxyl groups is 1. The van der Waals surface area contributed by atoms with Crippen molar-refractivity contribution in [2.45, 2.75) is 32.9 Å². The standard InChI is InChI=1S/C22H26Br2N2O/c1-14-7-15(2)11-25(10-14)12-18(27)13-26-21-5-3-16(23)8-19(21)20-9-17(24)4-6-22(20)26/h3-6,8-9,14-15,18,27H,7,10-13H2,1-2H3/t14-,15+,18-/m1/s1. The maximum Gasteiger partial charge on any atom is 0.0845 e. The number of likely N-dealkylation sites (tertiary alicyclic amines) is 1. The minimum Gasteiger partial charge on any atom is -0.390 e. The Morgan fingerprint density at radius 2 is 1.44 bits per heavy atom. The molecule has 1 aromatic heterocycles. The number of aromatic nitrogens is 1. The van der Waals surface area contributed by atoms with Crippen molar-refractivity contribution in [1.29, 1.82) is 0 Å². The average molecular weight is 494 g/mol. The Morgan fingerprint density at radius 1 is 0.926 bits per heavy atom. The Labute approximate surface area is 177 Å². The number of aliphatic hydroxyl groups excluding tert-OH is 1. The topological polar surface area (TPSA) is 28.4 Å². The number of hydrogen-bond acceptors (Lipinski definition) is 2. The molecule has 1 aliphatic rings. The van der Waals surface area contributed by atoms with Crippen LogP contribution in [0.25, 0.3) is 21.8 Å². The van der Waals surface area contributed by atoms with Gasteiger partial charge in [-0.3, -0.25) is 0 Å². The summed E-state index contributed by atoms with van der Waals surface area (Å²) in [7, 11) is 0. The van der Waals surface area contributed by atoms with Crippen LogP contribution in [0.1, 0.15) is 20.3 Å². The SMILES string of the molecule is C[C@@H]1C[C@H](C)CN(C[C@@H](O)Cn2c3ccc(Br)cc3c3cc(Br)ccc32)C1. The van der Waals surface area contributed by atoms with Crippen LogP contribution in [0.2, 0.25) is 0 Å². The molecule has 144 valence electrons. The van der Waals surface area contributed by atoms with Crippen molar-refractivity contribution in [3.05, 3.63) is 45.3 Å². The molecular formula is C22H26Br2N2O. The third-order valence-electron chi connectivity index (χ3n) is 5.60. The van der Waals surface area contributed by atoms with Crippen molar-refractivity contribution >= 4 is 53.7 Å². The van der Waals surface area contributed by atoms with Gasteiger partial charge < -0.3 is 14.6 Å². The van der Waals surface area contributed by atoms with Crippen molar-refractivity contribution in [2.24, 2.45) is 11.8 Å². The molecule has 0 unspecified atom stereocenters. The van der Waals surface area contributed by atoms with Crippen LogP contribution in [-0.4, -0.2) is 40.3 Å². The zero-order valence-electron chi connectivity index (χ0n) is 15.8. The van der Waals surface area contributed by atoms with Gasteiger partial charge in [0.1, 0.15) is 0 Å². The van der Waals surface area contributed by atoms with E-state index < -0.39 is 0 Å². The fourth-order valence-corrected chi connectivity index (χ4v) is 5.48. The Kier molecular flexibility index (Phi) is 5.66. The lowest BCUT2D eigenvalue weighted by Gasteiger charge is -2.36. The fourth-order valence-electron chi connectivity index (χ4n) is 4.75. The number of benzene rings is 2. The van der Waals surface area contributed by atoms with Crippen LogP contribution < -0.4 is 0 Å². The molecule has 2 aromatic carbocycles. The molecule has 1 fully saturated rings. The molecule has 27 heavy (non-hydrogen) atoms. The smallest absolute Gasteiger partial charge is 0.0845 e. The number of rotatable bonds is 4. The van der Waals surface area contributed by atoms with Gasteiger partial charge in [-0.05, 0) is 54.7 Å². The van der Waals surface area contributed by atoms with Crippen LogP contribution in [0, 0.1) is 11.8 Å². The Balaban J connectivity index is 1.64. The molecule has 1 aliphatic heterocycles. The summed E-state index contributed by atoms with van der Waals surface area (Å²) in [5.74, 6) is 1.42. The molecular weight excluding hydrogens is 468 g/mol. The quantitative estimate of drug-likeness (QED) is 0.508. The lowest BCUT2D eigenvalue weighted by molar-refractivity contribution is 0.0626. The van der Waals surface area contributed by atoms with Gasteiger partial charge in [-0.1, -0.05) is 45.7 Å². The van der Waals surface area contributed by atoms with E-state index in [4.69, 9.17) is 0 Å². The second-order valence-electron chi connectivity index (χ2n) is 8.25. The van der Waals surface area contributed by atoms with E-state index in [1.807, 2.05) is 0 Å². The van der Waals surface area contributed by atoms with Crippen LogP contribution in [-0.2, 0) is 6.54 Å². The average Bonchev–Trinajstić information content (AvgIpc) is 2.86. The lowest BCUT2D eigenvalue weighted by Crippen LogP contribution is -2.43. The molecule has 1 N–H and O–H groups in total. The third kappa shape index (κ3) is 4.12. The summed E-state index contributed by atoms with van der Waals surface area (Å²) in [6, 6.07) is 12.8. The predicted octanol–water partition coefficient (Wildman–Crippen LogP) is 5.66. The van der Waals surface area contributed by atoms with E-state index in [-0.39, 0.29) is 6.10 Å². The number of piperidine rings is 1. The van der Waals surface area contributed by atoms with Gasteiger partial charge in [0.15, 0.2) is 0 Å². The summed E-state index contributed by atoms with van der Waals surface area (Å²) in [5.41, 5.74) is 2.34. The lowest BCUT2D eigenvalue weighted by atomic mass is 9.92. The minimum atomic E-state index is -0.381. The summed E-state index contributed by atoms with van der Waals surface area (Å²) >= 11 is 7.19. The molecule has 2 heterocycles. The zero-order valence-corrected chi connectivity index (χ0v) is 19.0. The number of nitrogens with zero attached hydrogens (tertiary/aromatic N) is 2. The first-order chi connectivity index (χ1) is 12.9. The molecule has 1 saturated heterocycles. The molecule has 0 aliphatic carbocycles. The molecule has 3 aromatic rings. The number of hydrogen-bond donors (Lipinski definition) is 1. The highest BCUT2D eigenvalue weighted by Crippen LogP contribution is 2.33.